The summed E-state index contributed by atoms with van der Waals surface area (Å²) in [7, 11) is 0. The summed E-state index contributed by atoms with van der Waals surface area (Å²) >= 11 is 0. The van der Waals surface area contributed by atoms with Crippen LogP contribution in [0, 0.1) is 0 Å². The summed E-state index contributed by atoms with van der Waals surface area (Å²) in [5.41, 5.74) is 2.35. The van der Waals surface area contributed by atoms with E-state index in [2.05, 4.69) is 20.8 Å². The van der Waals surface area contributed by atoms with E-state index in [1.165, 1.54) is 16.5 Å². The lowest BCUT2D eigenvalue weighted by molar-refractivity contribution is -0.120. The van der Waals surface area contributed by atoms with E-state index in [0.29, 0.717) is 11.3 Å². The summed E-state index contributed by atoms with van der Waals surface area (Å²) in [6.45, 7) is 8.03. The zero-order chi connectivity index (χ0) is 13.5. The van der Waals surface area contributed by atoms with Gasteiger partial charge in [0, 0.05) is 11.6 Å². The summed E-state index contributed by atoms with van der Waals surface area (Å²) in [6.07, 6.45) is 1.38. The monoisotopic (exact) mass is 243 g/mol. The van der Waals surface area contributed by atoms with Crippen molar-refractivity contribution in [2.45, 2.75) is 33.1 Å². The number of rotatable bonds is 1. The summed E-state index contributed by atoms with van der Waals surface area (Å²) in [6, 6.07) is 7.57. The largest absolute Gasteiger partial charge is 0.269 e. The molecule has 1 aliphatic rings. The molecule has 0 saturated carbocycles. The van der Waals surface area contributed by atoms with E-state index >= 15 is 0 Å². The van der Waals surface area contributed by atoms with Gasteiger partial charge in [-0.25, -0.2) is 4.90 Å². The lowest BCUT2D eigenvalue weighted by Gasteiger charge is -2.21. The van der Waals surface area contributed by atoms with E-state index in [4.69, 9.17) is 0 Å². The Morgan fingerprint density at radius 2 is 1.56 bits per heavy atom. The fraction of sp³-hybridized carbons (Fsp3) is 0.333. The average molecular weight is 243 g/mol. The third-order valence-electron chi connectivity index (χ3n) is 3.09. The maximum atomic E-state index is 11.8. The first-order chi connectivity index (χ1) is 8.30. The van der Waals surface area contributed by atoms with Crippen molar-refractivity contribution in [1.82, 2.24) is 0 Å². The molecule has 0 radical (unpaired) electrons. The van der Waals surface area contributed by atoms with Crippen molar-refractivity contribution in [2.24, 2.45) is 0 Å². The Bertz CT molecular complexity index is 533. The smallest absolute Gasteiger partial charge is 0.261 e. The fourth-order valence-electron chi connectivity index (χ4n) is 1.94. The highest BCUT2D eigenvalue weighted by Gasteiger charge is 2.29. The predicted octanol–water partition coefficient (Wildman–Crippen LogP) is 2.80. The van der Waals surface area contributed by atoms with Gasteiger partial charge in [0.1, 0.15) is 0 Å². The van der Waals surface area contributed by atoms with Gasteiger partial charge in [-0.05, 0) is 30.0 Å². The first kappa shape index (κ1) is 12.6. The van der Waals surface area contributed by atoms with Crippen LogP contribution in [0.1, 0.15) is 33.3 Å². The third kappa shape index (κ3) is 2.08. The van der Waals surface area contributed by atoms with Gasteiger partial charge >= 0.3 is 0 Å². The number of carbonyl (C=O) groups excluding carboxylic acids is 2. The molecule has 3 nitrogen and oxygen atoms in total. The molecule has 1 aliphatic heterocycles. The molecule has 1 aromatic carbocycles. The first-order valence-corrected chi connectivity index (χ1v) is 5.98. The van der Waals surface area contributed by atoms with E-state index in [0.717, 1.165) is 0 Å². The van der Waals surface area contributed by atoms with Crippen LogP contribution in [0.2, 0.25) is 0 Å². The normalized spacial score (nSPS) is 16.2. The highest BCUT2D eigenvalue weighted by molar-refractivity contribution is 6.30. The minimum Gasteiger partial charge on any atom is -0.269 e. The maximum absolute atomic E-state index is 11.8. The van der Waals surface area contributed by atoms with Crippen LogP contribution in [0.25, 0.3) is 0 Å². The zero-order valence-electron chi connectivity index (χ0n) is 11.2. The van der Waals surface area contributed by atoms with Crippen LogP contribution in [-0.2, 0) is 15.0 Å². The molecule has 2 amide bonds. The molecule has 0 fully saturated rings. The third-order valence-corrected chi connectivity index (χ3v) is 3.09. The quantitative estimate of drug-likeness (QED) is 0.711. The molecule has 0 spiro atoms. The first-order valence-electron chi connectivity index (χ1n) is 5.98. The lowest BCUT2D eigenvalue weighted by atomic mass is 9.87. The molecule has 94 valence electrons. The number of carbonyl (C=O) groups is 2. The SMILES string of the molecule is CC1=CC(=O)N(c2ccc(C(C)(C)C)cc2)C1=O. The molecule has 0 atom stereocenters. The van der Waals surface area contributed by atoms with E-state index in [-0.39, 0.29) is 17.2 Å². The van der Waals surface area contributed by atoms with Crippen LogP contribution in [-0.4, -0.2) is 11.8 Å². The Hall–Kier alpha value is -1.90. The molecule has 0 unspecified atom stereocenters. The van der Waals surface area contributed by atoms with Gasteiger partial charge in [-0.15, -0.1) is 0 Å². The van der Waals surface area contributed by atoms with Crippen LogP contribution in [0.4, 0.5) is 5.69 Å². The molecule has 0 aromatic heterocycles. The van der Waals surface area contributed by atoms with Crippen molar-refractivity contribution in [2.75, 3.05) is 4.90 Å². The lowest BCUT2D eigenvalue weighted by Crippen LogP contribution is -2.30. The molecular formula is C15H17NO2. The summed E-state index contributed by atoms with van der Waals surface area (Å²) in [4.78, 5) is 24.8. The van der Waals surface area contributed by atoms with Crippen LogP contribution in [0.3, 0.4) is 0 Å². The molecule has 0 aliphatic carbocycles. The Labute approximate surface area is 107 Å². The number of amides is 2. The Kier molecular flexibility index (Phi) is 2.85. The zero-order valence-corrected chi connectivity index (χ0v) is 11.2. The van der Waals surface area contributed by atoms with Gasteiger partial charge in [-0.2, -0.15) is 0 Å². The second-order valence-electron chi connectivity index (χ2n) is 5.60. The molecule has 18 heavy (non-hydrogen) atoms. The van der Waals surface area contributed by atoms with Crippen molar-refractivity contribution in [3.05, 3.63) is 41.5 Å². The molecule has 2 rings (SSSR count). The molecule has 0 bridgehead atoms. The van der Waals surface area contributed by atoms with Gasteiger partial charge in [0.05, 0.1) is 5.69 Å². The minimum atomic E-state index is -0.263. The highest BCUT2D eigenvalue weighted by atomic mass is 16.2. The average Bonchev–Trinajstić information content (AvgIpc) is 2.52. The standard InChI is InChI=1S/C15H17NO2/c1-10-9-13(17)16(14(10)18)12-7-5-11(6-8-12)15(2,3)4/h5-9H,1-4H3. The Balaban J connectivity index is 2.32. The van der Waals surface area contributed by atoms with E-state index in [1.807, 2.05) is 24.3 Å². The summed E-state index contributed by atoms with van der Waals surface area (Å²) in [5.74, 6) is -0.496. The van der Waals surface area contributed by atoms with Crippen molar-refractivity contribution in [1.29, 1.82) is 0 Å². The van der Waals surface area contributed by atoms with E-state index in [9.17, 15) is 9.59 Å². The Morgan fingerprint density at radius 3 is 1.94 bits per heavy atom. The molecule has 1 heterocycles. The van der Waals surface area contributed by atoms with Crippen molar-refractivity contribution in [3.63, 3.8) is 0 Å². The summed E-state index contributed by atoms with van der Waals surface area (Å²) in [5, 5.41) is 0. The van der Waals surface area contributed by atoms with Crippen molar-refractivity contribution in [3.8, 4) is 0 Å². The van der Waals surface area contributed by atoms with Crippen molar-refractivity contribution >= 4 is 17.5 Å². The summed E-state index contributed by atoms with van der Waals surface area (Å²) < 4.78 is 0. The van der Waals surface area contributed by atoms with Crippen LogP contribution in [0.5, 0.6) is 0 Å². The van der Waals surface area contributed by atoms with Gasteiger partial charge in [0.15, 0.2) is 0 Å². The number of benzene rings is 1. The van der Waals surface area contributed by atoms with Crippen LogP contribution >= 0.6 is 0 Å². The topological polar surface area (TPSA) is 37.4 Å². The minimum absolute atomic E-state index is 0.0612. The second-order valence-corrected chi connectivity index (χ2v) is 5.60. The number of imide groups is 1. The highest BCUT2D eigenvalue weighted by Crippen LogP contribution is 2.27. The van der Waals surface area contributed by atoms with E-state index < -0.39 is 0 Å². The predicted molar refractivity (Wildman–Crippen MR) is 71.4 cm³/mol. The molecular weight excluding hydrogens is 226 g/mol. The molecule has 0 saturated heterocycles. The number of anilines is 1. The van der Waals surface area contributed by atoms with Gasteiger partial charge in [-0.3, -0.25) is 9.59 Å². The number of hydrogen-bond acceptors (Lipinski definition) is 2. The number of nitrogens with zero attached hydrogens (tertiary/aromatic N) is 1. The van der Waals surface area contributed by atoms with Gasteiger partial charge in [0.25, 0.3) is 11.8 Å². The molecule has 3 heteroatoms. The van der Waals surface area contributed by atoms with E-state index in [1.54, 1.807) is 6.92 Å². The molecule has 0 N–H and O–H groups in total. The second kappa shape index (κ2) is 4.09. The molecule has 1 aromatic rings. The van der Waals surface area contributed by atoms with Crippen LogP contribution < -0.4 is 4.90 Å². The number of hydrogen-bond donors (Lipinski definition) is 0. The van der Waals surface area contributed by atoms with Gasteiger partial charge in [0.2, 0.25) is 0 Å². The van der Waals surface area contributed by atoms with Crippen LogP contribution in [0.15, 0.2) is 35.9 Å². The fourth-order valence-corrected chi connectivity index (χ4v) is 1.94. The van der Waals surface area contributed by atoms with Gasteiger partial charge < -0.3 is 0 Å². The van der Waals surface area contributed by atoms with Crippen molar-refractivity contribution < 1.29 is 9.59 Å². The maximum Gasteiger partial charge on any atom is 0.261 e. The van der Waals surface area contributed by atoms with Gasteiger partial charge in [-0.1, -0.05) is 32.9 Å². The Morgan fingerprint density at radius 1 is 1.00 bits per heavy atom.